The number of nitrogens with zero attached hydrogens (tertiary/aromatic N) is 2. The van der Waals surface area contributed by atoms with Crippen LogP contribution >= 0.6 is 11.3 Å². The first-order valence-corrected chi connectivity index (χ1v) is 16.2. The van der Waals surface area contributed by atoms with Crippen molar-refractivity contribution in [3.05, 3.63) is 158 Å². The normalized spacial score (nSPS) is 12.0. The Hall–Kier alpha value is -5.64. The van der Waals surface area contributed by atoms with E-state index in [9.17, 15) is 0 Å². The van der Waals surface area contributed by atoms with Gasteiger partial charge in [-0.1, -0.05) is 103 Å². The lowest BCUT2D eigenvalue weighted by Gasteiger charge is -2.13. The zero-order valence-corrected chi connectivity index (χ0v) is 25.1. The molecule has 3 heteroatoms. The minimum absolute atomic E-state index is 1.17. The average molecular weight is 591 g/mol. The van der Waals surface area contributed by atoms with Crippen molar-refractivity contribution in [3.63, 3.8) is 0 Å². The second kappa shape index (κ2) is 9.43. The summed E-state index contributed by atoms with van der Waals surface area (Å²) in [7, 11) is 0. The van der Waals surface area contributed by atoms with Gasteiger partial charge in [0.2, 0.25) is 0 Å². The van der Waals surface area contributed by atoms with Gasteiger partial charge in [0, 0.05) is 58.7 Å². The van der Waals surface area contributed by atoms with Crippen LogP contribution in [0.1, 0.15) is 0 Å². The standard InChI is InChI=1S/C42H26N2S/c1-2-11-28(12-3-1)43-37-18-7-4-13-31(37)33-23-21-27(25-39(33)43)30-16-10-17-35-32-14-5-8-19-38(32)44(42(30)35)29-22-24-41-36(26-29)34-15-6-9-20-40(34)45-41/h1-26H. The van der Waals surface area contributed by atoms with Crippen molar-refractivity contribution < 1.29 is 0 Å². The highest BCUT2D eigenvalue weighted by Gasteiger charge is 2.19. The van der Waals surface area contributed by atoms with Gasteiger partial charge in [0.1, 0.15) is 0 Å². The van der Waals surface area contributed by atoms with E-state index >= 15 is 0 Å². The summed E-state index contributed by atoms with van der Waals surface area (Å²) in [5, 5.41) is 7.70. The number of thiophene rings is 1. The molecule has 0 aliphatic carbocycles. The quantitative estimate of drug-likeness (QED) is 0.194. The molecule has 0 atom stereocenters. The predicted molar refractivity (Wildman–Crippen MR) is 193 cm³/mol. The molecule has 0 spiro atoms. The van der Waals surface area contributed by atoms with E-state index in [1.54, 1.807) is 0 Å². The maximum absolute atomic E-state index is 2.48. The van der Waals surface area contributed by atoms with Gasteiger partial charge >= 0.3 is 0 Å². The van der Waals surface area contributed by atoms with Crippen LogP contribution in [0, 0.1) is 0 Å². The number of para-hydroxylation sites is 4. The Labute approximate surface area is 263 Å². The Morgan fingerprint density at radius 3 is 1.84 bits per heavy atom. The fourth-order valence-corrected chi connectivity index (χ4v) is 8.45. The molecule has 10 aromatic rings. The first kappa shape index (κ1) is 24.8. The zero-order valence-electron chi connectivity index (χ0n) is 24.3. The van der Waals surface area contributed by atoms with Crippen molar-refractivity contribution in [1.29, 1.82) is 0 Å². The van der Waals surface area contributed by atoms with Crippen LogP contribution < -0.4 is 0 Å². The summed E-state index contributed by atoms with van der Waals surface area (Å²) in [6.45, 7) is 0. The monoisotopic (exact) mass is 590 g/mol. The summed E-state index contributed by atoms with van der Waals surface area (Å²) < 4.78 is 7.53. The molecule has 0 radical (unpaired) electrons. The van der Waals surface area contributed by atoms with Crippen molar-refractivity contribution in [2.24, 2.45) is 0 Å². The molecule has 2 nitrogen and oxygen atoms in total. The minimum atomic E-state index is 1.17. The molecule has 0 aliphatic heterocycles. The molecule has 3 aromatic heterocycles. The third kappa shape index (κ3) is 3.56. The maximum Gasteiger partial charge on any atom is 0.0619 e. The summed E-state index contributed by atoms with van der Waals surface area (Å²) >= 11 is 1.87. The summed E-state index contributed by atoms with van der Waals surface area (Å²) in [4.78, 5) is 0. The van der Waals surface area contributed by atoms with E-state index in [1.807, 2.05) is 11.3 Å². The van der Waals surface area contributed by atoms with E-state index in [-0.39, 0.29) is 0 Å². The molecule has 0 saturated carbocycles. The number of benzene rings is 7. The average Bonchev–Trinajstić information content (AvgIpc) is 3.76. The zero-order chi connectivity index (χ0) is 29.5. The molecule has 0 aliphatic rings. The Morgan fingerprint density at radius 2 is 1.00 bits per heavy atom. The Balaban J connectivity index is 1.29. The SMILES string of the molecule is c1ccc(-n2c3ccccc3c3ccc(-c4cccc5c6ccccc6n(-c6ccc7sc8ccccc8c7c6)c45)cc32)cc1. The summed E-state index contributed by atoms with van der Waals surface area (Å²) in [5.41, 5.74) is 9.68. The molecule has 0 saturated heterocycles. The van der Waals surface area contributed by atoms with Crippen molar-refractivity contribution >= 4 is 75.1 Å². The molecule has 10 rings (SSSR count). The van der Waals surface area contributed by atoms with Gasteiger partial charge in [0.05, 0.1) is 22.1 Å². The van der Waals surface area contributed by atoms with Crippen molar-refractivity contribution in [2.45, 2.75) is 0 Å². The summed E-state index contributed by atoms with van der Waals surface area (Å²) in [5.74, 6) is 0. The first-order chi connectivity index (χ1) is 22.3. The lowest BCUT2D eigenvalue weighted by molar-refractivity contribution is 1.18. The van der Waals surface area contributed by atoms with Crippen LogP contribution in [-0.4, -0.2) is 9.13 Å². The van der Waals surface area contributed by atoms with Crippen molar-refractivity contribution in [2.75, 3.05) is 0 Å². The van der Waals surface area contributed by atoms with Gasteiger partial charge in [-0.25, -0.2) is 0 Å². The molecule has 3 heterocycles. The molecule has 210 valence electrons. The highest BCUT2D eigenvalue weighted by Crippen LogP contribution is 2.42. The fourth-order valence-electron chi connectivity index (χ4n) is 7.37. The molecular weight excluding hydrogens is 565 g/mol. The van der Waals surface area contributed by atoms with Gasteiger partial charge < -0.3 is 9.13 Å². The lowest BCUT2D eigenvalue weighted by atomic mass is 10.00. The largest absolute Gasteiger partial charge is 0.309 e. The van der Waals surface area contributed by atoms with E-state index in [4.69, 9.17) is 0 Å². The topological polar surface area (TPSA) is 9.86 Å². The van der Waals surface area contributed by atoms with E-state index in [2.05, 4.69) is 167 Å². The third-order valence-corrected chi connectivity index (χ3v) is 10.5. The van der Waals surface area contributed by atoms with Gasteiger partial charge in [-0.15, -0.1) is 11.3 Å². The number of rotatable bonds is 3. The highest BCUT2D eigenvalue weighted by molar-refractivity contribution is 7.25. The van der Waals surface area contributed by atoms with Crippen LogP contribution in [0.15, 0.2) is 158 Å². The van der Waals surface area contributed by atoms with Crippen LogP contribution in [0.4, 0.5) is 0 Å². The van der Waals surface area contributed by atoms with E-state index in [0.717, 1.165) is 0 Å². The van der Waals surface area contributed by atoms with Gasteiger partial charge in [-0.2, -0.15) is 0 Å². The predicted octanol–water partition coefficient (Wildman–Crippen LogP) is 11.9. The Kier molecular flexibility index (Phi) is 5.19. The molecule has 7 aromatic carbocycles. The third-order valence-electron chi connectivity index (χ3n) is 9.31. The van der Waals surface area contributed by atoms with E-state index in [1.165, 1.54) is 86.3 Å². The van der Waals surface area contributed by atoms with Crippen LogP contribution in [0.25, 0.3) is 86.3 Å². The second-order valence-electron chi connectivity index (χ2n) is 11.8. The molecule has 0 amide bonds. The van der Waals surface area contributed by atoms with Crippen LogP contribution in [0.5, 0.6) is 0 Å². The second-order valence-corrected chi connectivity index (χ2v) is 12.8. The van der Waals surface area contributed by atoms with Gasteiger partial charge in [-0.05, 0) is 60.2 Å². The molecular formula is C42H26N2S. The minimum Gasteiger partial charge on any atom is -0.309 e. The maximum atomic E-state index is 2.48. The number of aromatic nitrogens is 2. The molecule has 0 N–H and O–H groups in total. The summed E-state index contributed by atoms with van der Waals surface area (Å²) in [6, 6.07) is 57.7. The smallest absolute Gasteiger partial charge is 0.0619 e. The number of hydrogen-bond acceptors (Lipinski definition) is 1. The van der Waals surface area contributed by atoms with Crippen molar-refractivity contribution in [3.8, 4) is 22.5 Å². The van der Waals surface area contributed by atoms with Crippen molar-refractivity contribution in [1.82, 2.24) is 9.13 Å². The fraction of sp³-hybridized carbons (Fsp3) is 0. The van der Waals surface area contributed by atoms with Gasteiger partial charge in [0.25, 0.3) is 0 Å². The molecule has 0 unspecified atom stereocenters. The Bertz CT molecular complexity index is 2760. The first-order valence-electron chi connectivity index (χ1n) is 15.4. The number of fused-ring (bicyclic) bond motifs is 9. The van der Waals surface area contributed by atoms with Crippen LogP contribution in [0.2, 0.25) is 0 Å². The van der Waals surface area contributed by atoms with E-state index < -0.39 is 0 Å². The lowest BCUT2D eigenvalue weighted by Crippen LogP contribution is -1.96. The Morgan fingerprint density at radius 1 is 0.356 bits per heavy atom. The molecule has 0 fully saturated rings. The van der Waals surface area contributed by atoms with Crippen LogP contribution in [-0.2, 0) is 0 Å². The van der Waals surface area contributed by atoms with E-state index in [0.29, 0.717) is 0 Å². The van der Waals surface area contributed by atoms with Crippen LogP contribution in [0.3, 0.4) is 0 Å². The number of hydrogen-bond donors (Lipinski definition) is 0. The highest BCUT2D eigenvalue weighted by atomic mass is 32.1. The molecule has 45 heavy (non-hydrogen) atoms. The van der Waals surface area contributed by atoms with Gasteiger partial charge in [-0.3, -0.25) is 0 Å². The summed E-state index contributed by atoms with van der Waals surface area (Å²) in [6.07, 6.45) is 0. The van der Waals surface area contributed by atoms with Gasteiger partial charge in [0.15, 0.2) is 0 Å². The molecule has 0 bridgehead atoms.